The molecule has 0 saturated heterocycles. The maximum atomic E-state index is 12.1. The van der Waals surface area contributed by atoms with E-state index in [0.717, 1.165) is 35.2 Å². The van der Waals surface area contributed by atoms with Gasteiger partial charge in [0.25, 0.3) is 5.91 Å². The molecule has 0 aromatic heterocycles. The van der Waals surface area contributed by atoms with Crippen molar-refractivity contribution < 1.29 is 4.79 Å². The molecule has 1 aliphatic heterocycles. The Labute approximate surface area is 112 Å². The first-order valence-corrected chi connectivity index (χ1v) is 6.57. The minimum absolute atomic E-state index is 0.115. The van der Waals surface area contributed by atoms with Crippen LogP contribution >= 0.6 is 0 Å². The monoisotopic (exact) mass is 249 g/mol. The van der Waals surface area contributed by atoms with Crippen LogP contribution in [0.1, 0.15) is 34.0 Å². The fraction of sp³-hybridized carbons (Fsp3) is 0.176. The van der Waals surface area contributed by atoms with E-state index in [4.69, 9.17) is 0 Å². The number of hydrogen-bond donors (Lipinski definition) is 0. The topological polar surface area (TPSA) is 29.4 Å². The van der Waals surface area contributed by atoms with Gasteiger partial charge in [0, 0.05) is 12.0 Å². The fourth-order valence-electron chi connectivity index (χ4n) is 2.56. The summed E-state index contributed by atoms with van der Waals surface area (Å²) in [7, 11) is 0. The van der Waals surface area contributed by atoms with Gasteiger partial charge in [0.15, 0.2) is 0 Å². The number of aliphatic imine (C=N–C) groups is 1. The molecule has 94 valence electrons. The van der Waals surface area contributed by atoms with Crippen molar-refractivity contribution in [3.63, 3.8) is 0 Å². The van der Waals surface area contributed by atoms with Crippen LogP contribution in [0.15, 0.2) is 53.5 Å². The van der Waals surface area contributed by atoms with Gasteiger partial charge in [-0.3, -0.25) is 4.79 Å². The predicted octanol–water partition coefficient (Wildman–Crippen LogP) is 3.43. The highest BCUT2D eigenvalue weighted by Gasteiger charge is 2.21. The smallest absolute Gasteiger partial charge is 0.267 e. The van der Waals surface area contributed by atoms with Crippen LogP contribution in [-0.4, -0.2) is 11.6 Å². The summed E-state index contributed by atoms with van der Waals surface area (Å²) >= 11 is 0. The molecule has 3 rings (SSSR count). The van der Waals surface area contributed by atoms with Crippen molar-refractivity contribution in [3.8, 4) is 0 Å². The van der Waals surface area contributed by atoms with Gasteiger partial charge < -0.3 is 0 Å². The zero-order valence-electron chi connectivity index (χ0n) is 10.9. The summed E-state index contributed by atoms with van der Waals surface area (Å²) in [5.41, 5.74) is 5.06. The third-order valence-electron chi connectivity index (χ3n) is 3.57. The molecule has 1 aliphatic rings. The van der Waals surface area contributed by atoms with Gasteiger partial charge in [-0.1, -0.05) is 49.4 Å². The van der Waals surface area contributed by atoms with Crippen LogP contribution in [0, 0.1) is 0 Å². The third-order valence-corrected chi connectivity index (χ3v) is 3.57. The predicted molar refractivity (Wildman–Crippen MR) is 76.8 cm³/mol. The molecule has 1 amide bonds. The molecule has 1 heterocycles. The largest absolute Gasteiger partial charge is 0.277 e. The molecular weight excluding hydrogens is 234 g/mol. The number of rotatable bonds is 2. The average molecular weight is 249 g/mol. The Morgan fingerprint density at radius 2 is 1.84 bits per heavy atom. The number of amides is 1. The van der Waals surface area contributed by atoms with E-state index in [0.29, 0.717) is 0 Å². The summed E-state index contributed by atoms with van der Waals surface area (Å²) < 4.78 is 0. The minimum atomic E-state index is -0.115. The van der Waals surface area contributed by atoms with Crippen molar-refractivity contribution in [3.05, 3.63) is 70.8 Å². The molecule has 0 aliphatic carbocycles. The van der Waals surface area contributed by atoms with Crippen LogP contribution in [0.3, 0.4) is 0 Å². The van der Waals surface area contributed by atoms with Crippen LogP contribution < -0.4 is 0 Å². The van der Waals surface area contributed by atoms with Gasteiger partial charge in [0.1, 0.15) is 0 Å². The number of nitrogens with zero attached hydrogens (tertiary/aromatic N) is 1. The lowest BCUT2D eigenvalue weighted by Gasteiger charge is -2.18. The highest BCUT2D eigenvalue weighted by Crippen LogP contribution is 2.23. The summed E-state index contributed by atoms with van der Waals surface area (Å²) in [6, 6.07) is 15.9. The molecule has 2 aromatic carbocycles. The SMILES string of the molecule is CCc1cccc2c1CC(c1ccccc1)=NC2=O. The Morgan fingerprint density at radius 3 is 2.58 bits per heavy atom. The molecule has 19 heavy (non-hydrogen) atoms. The molecule has 0 saturated carbocycles. The lowest BCUT2D eigenvalue weighted by atomic mass is 9.90. The Balaban J connectivity index is 2.08. The summed E-state index contributed by atoms with van der Waals surface area (Å²) in [4.78, 5) is 16.4. The third kappa shape index (κ3) is 2.10. The number of carbonyl (C=O) groups is 1. The molecular formula is C17H15NO. The van der Waals surface area contributed by atoms with Gasteiger partial charge in [-0.2, -0.15) is 0 Å². The van der Waals surface area contributed by atoms with Gasteiger partial charge in [0.2, 0.25) is 0 Å². The highest BCUT2D eigenvalue weighted by molar-refractivity contribution is 6.15. The van der Waals surface area contributed by atoms with Gasteiger partial charge in [-0.05, 0) is 29.2 Å². The van der Waals surface area contributed by atoms with E-state index in [-0.39, 0.29) is 5.91 Å². The molecule has 0 atom stereocenters. The van der Waals surface area contributed by atoms with Crippen molar-refractivity contribution >= 4 is 11.6 Å². The normalized spacial score (nSPS) is 13.9. The second kappa shape index (κ2) is 4.81. The van der Waals surface area contributed by atoms with Gasteiger partial charge in [0.05, 0.1) is 5.71 Å². The van der Waals surface area contributed by atoms with Crippen molar-refractivity contribution in [2.24, 2.45) is 4.99 Å². The van der Waals surface area contributed by atoms with Crippen molar-refractivity contribution in [2.75, 3.05) is 0 Å². The first kappa shape index (κ1) is 11.8. The maximum Gasteiger partial charge on any atom is 0.277 e. The zero-order valence-corrected chi connectivity index (χ0v) is 10.9. The molecule has 0 bridgehead atoms. The van der Waals surface area contributed by atoms with E-state index in [9.17, 15) is 4.79 Å². The Hall–Kier alpha value is -2.22. The molecule has 0 spiro atoms. The molecule has 2 nitrogen and oxygen atoms in total. The fourth-order valence-corrected chi connectivity index (χ4v) is 2.56. The highest BCUT2D eigenvalue weighted by atomic mass is 16.1. The van der Waals surface area contributed by atoms with Crippen molar-refractivity contribution in [1.29, 1.82) is 0 Å². The zero-order chi connectivity index (χ0) is 13.2. The van der Waals surface area contributed by atoms with Crippen LogP contribution in [-0.2, 0) is 12.8 Å². The Morgan fingerprint density at radius 1 is 1.05 bits per heavy atom. The molecule has 0 fully saturated rings. The minimum Gasteiger partial charge on any atom is -0.267 e. The van der Waals surface area contributed by atoms with Crippen molar-refractivity contribution in [1.82, 2.24) is 0 Å². The van der Waals surface area contributed by atoms with E-state index in [1.54, 1.807) is 0 Å². The quantitative estimate of drug-likeness (QED) is 0.801. The lowest BCUT2D eigenvalue weighted by Crippen LogP contribution is -2.19. The maximum absolute atomic E-state index is 12.1. The average Bonchev–Trinajstić information content (AvgIpc) is 2.47. The number of benzene rings is 2. The number of aryl methyl sites for hydroxylation is 1. The Bertz CT molecular complexity index is 656. The molecule has 0 radical (unpaired) electrons. The van der Waals surface area contributed by atoms with E-state index in [2.05, 4.69) is 18.0 Å². The van der Waals surface area contributed by atoms with Gasteiger partial charge >= 0.3 is 0 Å². The van der Waals surface area contributed by atoms with E-state index >= 15 is 0 Å². The second-order valence-electron chi connectivity index (χ2n) is 4.70. The van der Waals surface area contributed by atoms with E-state index < -0.39 is 0 Å². The molecule has 0 N–H and O–H groups in total. The lowest BCUT2D eigenvalue weighted by molar-refractivity contribution is 0.1000. The second-order valence-corrected chi connectivity index (χ2v) is 4.70. The first-order valence-electron chi connectivity index (χ1n) is 6.57. The summed E-state index contributed by atoms with van der Waals surface area (Å²) in [5, 5.41) is 0. The van der Waals surface area contributed by atoms with Gasteiger partial charge in [-0.15, -0.1) is 0 Å². The van der Waals surface area contributed by atoms with Gasteiger partial charge in [-0.25, -0.2) is 4.99 Å². The first-order chi connectivity index (χ1) is 9.29. The summed E-state index contributed by atoms with van der Waals surface area (Å²) in [6.45, 7) is 2.12. The standard InChI is InChI=1S/C17H15NO/c1-2-12-9-6-10-14-15(12)11-16(18-17(14)19)13-7-4-3-5-8-13/h3-10H,2,11H2,1H3. The number of fused-ring (bicyclic) bond motifs is 1. The van der Waals surface area contributed by atoms with Crippen LogP contribution in [0.4, 0.5) is 0 Å². The van der Waals surface area contributed by atoms with E-state index in [1.807, 2.05) is 42.5 Å². The summed E-state index contributed by atoms with van der Waals surface area (Å²) in [5.74, 6) is -0.115. The van der Waals surface area contributed by atoms with Crippen LogP contribution in [0.2, 0.25) is 0 Å². The van der Waals surface area contributed by atoms with Crippen LogP contribution in [0.25, 0.3) is 0 Å². The molecule has 2 heteroatoms. The number of hydrogen-bond acceptors (Lipinski definition) is 1. The molecule has 0 unspecified atom stereocenters. The number of carbonyl (C=O) groups excluding carboxylic acids is 1. The molecule has 2 aromatic rings. The summed E-state index contributed by atoms with van der Waals surface area (Å²) in [6.07, 6.45) is 1.69. The van der Waals surface area contributed by atoms with Crippen molar-refractivity contribution in [2.45, 2.75) is 19.8 Å². The van der Waals surface area contributed by atoms with E-state index in [1.165, 1.54) is 5.56 Å². The Kier molecular flexibility index (Phi) is 3.00. The van der Waals surface area contributed by atoms with Crippen LogP contribution in [0.5, 0.6) is 0 Å².